The molecule has 0 N–H and O–H groups in total. The maximum atomic E-state index is 5.14. The van der Waals surface area contributed by atoms with Crippen LogP contribution >= 0.6 is 11.3 Å². The van der Waals surface area contributed by atoms with Crippen LogP contribution < -0.4 is 0 Å². The van der Waals surface area contributed by atoms with Crippen molar-refractivity contribution in [1.29, 1.82) is 0 Å². The predicted molar refractivity (Wildman–Crippen MR) is 261 cm³/mol. The highest BCUT2D eigenvalue weighted by Gasteiger charge is 2.20. The molecule has 288 valence electrons. The molecule has 0 atom stereocenters. The predicted octanol–water partition coefficient (Wildman–Crippen LogP) is 15.5. The maximum Gasteiger partial charge on any atom is 0.164 e. The Morgan fingerprint density at radius 2 is 0.823 bits per heavy atom. The minimum absolute atomic E-state index is 0.657. The van der Waals surface area contributed by atoms with Gasteiger partial charge < -0.3 is 4.57 Å². The number of aromatic nitrogens is 4. The first kappa shape index (κ1) is 34.8. The Bertz CT molecular complexity index is 3820. The number of para-hydroxylation sites is 1. The second-order valence-electron chi connectivity index (χ2n) is 15.9. The fourth-order valence-corrected chi connectivity index (χ4v) is 10.8. The van der Waals surface area contributed by atoms with Gasteiger partial charge in [-0.3, -0.25) is 0 Å². The molecule has 3 heterocycles. The van der Waals surface area contributed by atoms with Crippen molar-refractivity contribution in [2.45, 2.75) is 0 Å². The Balaban J connectivity index is 1.00. The van der Waals surface area contributed by atoms with Crippen LogP contribution in [-0.2, 0) is 0 Å². The summed E-state index contributed by atoms with van der Waals surface area (Å²) < 4.78 is 4.90. The highest BCUT2D eigenvalue weighted by Crippen LogP contribution is 2.44. The summed E-state index contributed by atoms with van der Waals surface area (Å²) in [5.41, 5.74) is 8.81. The maximum absolute atomic E-state index is 5.14. The third-order valence-corrected chi connectivity index (χ3v) is 13.6. The smallest absolute Gasteiger partial charge is 0.164 e. The number of thiophene rings is 1. The summed E-state index contributed by atoms with van der Waals surface area (Å²) in [7, 11) is 0. The van der Waals surface area contributed by atoms with Gasteiger partial charge in [0, 0.05) is 53.0 Å². The van der Waals surface area contributed by atoms with E-state index >= 15 is 0 Å². The van der Waals surface area contributed by atoms with Crippen LogP contribution in [0.4, 0.5) is 0 Å². The summed E-state index contributed by atoms with van der Waals surface area (Å²) in [6, 6.07) is 74.0. The van der Waals surface area contributed by atoms with E-state index in [4.69, 9.17) is 15.0 Å². The van der Waals surface area contributed by atoms with Crippen LogP contribution in [0.3, 0.4) is 0 Å². The number of rotatable bonds is 5. The van der Waals surface area contributed by atoms with Gasteiger partial charge in [0.05, 0.1) is 16.7 Å². The lowest BCUT2D eigenvalue weighted by Crippen LogP contribution is -2.00. The van der Waals surface area contributed by atoms with Crippen molar-refractivity contribution >= 4 is 85.6 Å². The number of fused-ring (bicyclic) bond motifs is 12. The van der Waals surface area contributed by atoms with E-state index in [-0.39, 0.29) is 0 Å². The molecule has 3 aromatic heterocycles. The molecule has 4 nitrogen and oxygen atoms in total. The molecule has 0 bridgehead atoms. The number of hydrogen-bond acceptors (Lipinski definition) is 4. The molecular formula is C57H34N4S. The van der Waals surface area contributed by atoms with E-state index < -0.39 is 0 Å². The van der Waals surface area contributed by atoms with Crippen LogP contribution in [0.25, 0.3) is 125 Å². The minimum Gasteiger partial charge on any atom is -0.309 e. The summed E-state index contributed by atoms with van der Waals surface area (Å²) in [4.78, 5) is 15.2. The number of hydrogen-bond donors (Lipinski definition) is 0. The standard InChI is InChI=1S/C57H34N4S/c1-3-15-35(16-4-1)55-58-56(36-17-5-2-6-18-36)60-57(59-55)45-25-14-28-52-54(45)47-34-38(30-32-51(47)62-52)37-29-31-49-46(33-37)42-22-11-12-26-48(42)61(49)50-27-13-24-44-41-20-8-7-19-39(41)40-21-9-10-23-43(40)53(44)50/h1-34H. The summed E-state index contributed by atoms with van der Waals surface area (Å²) in [5.74, 6) is 1.98. The fraction of sp³-hybridized carbons (Fsp3) is 0. The lowest BCUT2D eigenvalue weighted by molar-refractivity contribution is 1.08. The van der Waals surface area contributed by atoms with E-state index in [2.05, 4.69) is 174 Å². The van der Waals surface area contributed by atoms with Crippen LogP contribution in [0.15, 0.2) is 206 Å². The van der Waals surface area contributed by atoms with Crippen molar-refractivity contribution in [1.82, 2.24) is 19.5 Å². The van der Waals surface area contributed by atoms with E-state index in [9.17, 15) is 0 Å². The molecule has 0 aliphatic heterocycles. The summed E-state index contributed by atoms with van der Waals surface area (Å²) in [5, 5.41) is 12.4. The lowest BCUT2D eigenvalue weighted by Gasteiger charge is -2.16. The lowest BCUT2D eigenvalue weighted by atomic mass is 9.93. The average molecular weight is 807 g/mol. The molecule has 0 aliphatic rings. The molecule has 0 amide bonds. The number of benzene rings is 10. The molecule has 10 aromatic carbocycles. The van der Waals surface area contributed by atoms with E-state index in [0.717, 1.165) is 22.1 Å². The van der Waals surface area contributed by atoms with Crippen molar-refractivity contribution in [2.75, 3.05) is 0 Å². The van der Waals surface area contributed by atoms with Gasteiger partial charge in [-0.1, -0.05) is 164 Å². The molecule has 0 saturated carbocycles. The Hall–Kier alpha value is -7.99. The van der Waals surface area contributed by atoms with Crippen LogP contribution in [0, 0.1) is 0 Å². The van der Waals surface area contributed by atoms with Crippen molar-refractivity contribution < 1.29 is 0 Å². The van der Waals surface area contributed by atoms with Gasteiger partial charge in [-0.2, -0.15) is 0 Å². The van der Waals surface area contributed by atoms with Gasteiger partial charge in [0.15, 0.2) is 17.5 Å². The van der Waals surface area contributed by atoms with Gasteiger partial charge in [-0.05, 0) is 80.5 Å². The quantitative estimate of drug-likeness (QED) is 0.163. The molecule has 62 heavy (non-hydrogen) atoms. The Labute approximate surface area is 360 Å². The first-order chi connectivity index (χ1) is 30.7. The van der Waals surface area contributed by atoms with Gasteiger partial charge in [0.2, 0.25) is 0 Å². The Morgan fingerprint density at radius 1 is 0.306 bits per heavy atom. The number of nitrogens with zero attached hydrogens (tertiary/aromatic N) is 4. The summed E-state index contributed by atoms with van der Waals surface area (Å²) >= 11 is 1.81. The molecule has 13 rings (SSSR count). The third-order valence-electron chi connectivity index (χ3n) is 12.4. The largest absolute Gasteiger partial charge is 0.309 e. The van der Waals surface area contributed by atoms with Gasteiger partial charge in [0.1, 0.15) is 0 Å². The van der Waals surface area contributed by atoms with Gasteiger partial charge >= 0.3 is 0 Å². The molecule has 0 fully saturated rings. The van der Waals surface area contributed by atoms with E-state index in [1.165, 1.54) is 85.7 Å². The molecule has 0 aliphatic carbocycles. The van der Waals surface area contributed by atoms with Crippen molar-refractivity contribution in [3.8, 4) is 51.0 Å². The van der Waals surface area contributed by atoms with Gasteiger partial charge in [-0.15, -0.1) is 11.3 Å². The van der Waals surface area contributed by atoms with Gasteiger partial charge in [-0.25, -0.2) is 15.0 Å². The Morgan fingerprint density at radius 3 is 1.52 bits per heavy atom. The van der Waals surface area contributed by atoms with Crippen molar-refractivity contribution in [2.24, 2.45) is 0 Å². The second-order valence-corrected chi connectivity index (χ2v) is 17.0. The molecule has 0 saturated heterocycles. The second kappa shape index (κ2) is 13.8. The summed E-state index contributed by atoms with van der Waals surface area (Å²) in [6.45, 7) is 0. The first-order valence-corrected chi connectivity index (χ1v) is 21.8. The first-order valence-electron chi connectivity index (χ1n) is 20.9. The molecule has 13 aromatic rings. The topological polar surface area (TPSA) is 43.6 Å². The van der Waals surface area contributed by atoms with Crippen molar-refractivity contribution in [3.05, 3.63) is 206 Å². The van der Waals surface area contributed by atoms with Gasteiger partial charge in [0.25, 0.3) is 0 Å². The van der Waals surface area contributed by atoms with Crippen LogP contribution in [-0.4, -0.2) is 19.5 Å². The van der Waals surface area contributed by atoms with E-state index in [0.29, 0.717) is 17.5 Å². The zero-order valence-corrected chi connectivity index (χ0v) is 34.1. The molecule has 0 radical (unpaired) electrons. The Kier molecular flexibility index (Phi) is 7.74. The highest BCUT2D eigenvalue weighted by molar-refractivity contribution is 7.26. The molecule has 0 spiro atoms. The normalized spacial score (nSPS) is 11.9. The summed E-state index contributed by atoms with van der Waals surface area (Å²) in [6.07, 6.45) is 0. The molecule has 5 heteroatoms. The molecule has 0 unspecified atom stereocenters. The van der Waals surface area contributed by atoms with Crippen LogP contribution in [0.2, 0.25) is 0 Å². The third kappa shape index (κ3) is 5.35. The van der Waals surface area contributed by atoms with Crippen LogP contribution in [0.5, 0.6) is 0 Å². The monoisotopic (exact) mass is 806 g/mol. The van der Waals surface area contributed by atoms with Crippen LogP contribution in [0.1, 0.15) is 0 Å². The molecular weight excluding hydrogens is 773 g/mol. The fourth-order valence-electron chi connectivity index (χ4n) is 9.66. The van der Waals surface area contributed by atoms with E-state index in [1.807, 2.05) is 47.7 Å². The average Bonchev–Trinajstić information content (AvgIpc) is 3.89. The SMILES string of the molecule is c1ccc(-c2nc(-c3ccccc3)nc(-c3cccc4sc5ccc(-c6ccc7c(c6)c6ccccc6n7-c6cccc7c8ccccc8c8ccccc8c67)cc5c34)n2)cc1. The van der Waals surface area contributed by atoms with Crippen molar-refractivity contribution in [3.63, 3.8) is 0 Å². The minimum atomic E-state index is 0.657. The zero-order valence-electron chi connectivity index (χ0n) is 33.3. The van der Waals surface area contributed by atoms with E-state index in [1.54, 1.807) is 0 Å². The highest BCUT2D eigenvalue weighted by atomic mass is 32.1. The zero-order chi connectivity index (χ0) is 40.7.